The van der Waals surface area contributed by atoms with E-state index in [1.54, 1.807) is 12.3 Å². The van der Waals surface area contributed by atoms with E-state index < -0.39 is 15.8 Å². The third kappa shape index (κ3) is 4.81. The molecule has 9 heteroatoms. The van der Waals surface area contributed by atoms with Crippen LogP contribution in [0.1, 0.15) is 18.5 Å². The summed E-state index contributed by atoms with van der Waals surface area (Å²) in [4.78, 5) is 23.1. The molecule has 0 aliphatic carbocycles. The van der Waals surface area contributed by atoms with Crippen molar-refractivity contribution in [1.82, 2.24) is 20.2 Å². The molecule has 1 radical (unpaired) electrons. The van der Waals surface area contributed by atoms with E-state index in [1.165, 1.54) is 0 Å². The number of aromatic nitrogens is 2. The molecule has 2 aromatic rings. The molecule has 1 amide bonds. The number of nitrogens with one attached hydrogen (secondary N) is 1. The molecule has 1 N–H and O–H groups in total. The van der Waals surface area contributed by atoms with Crippen LogP contribution in [0.15, 0.2) is 42.4 Å². The Hall–Kier alpha value is -2.88. The molecule has 2 aliphatic heterocycles. The van der Waals surface area contributed by atoms with Crippen LogP contribution in [0.3, 0.4) is 0 Å². The summed E-state index contributed by atoms with van der Waals surface area (Å²) in [6.07, 6.45) is 3.09. The van der Waals surface area contributed by atoms with Crippen LogP contribution in [0.2, 0.25) is 5.21 Å². The van der Waals surface area contributed by atoms with E-state index in [0.29, 0.717) is 29.3 Å². The molecule has 0 spiro atoms. The van der Waals surface area contributed by atoms with Crippen molar-refractivity contribution in [1.29, 1.82) is 5.26 Å². The number of carbonyl (C=O) groups excluding carboxylic acids is 1. The van der Waals surface area contributed by atoms with Gasteiger partial charge in [0.25, 0.3) is 0 Å². The number of piperazine rings is 1. The zero-order valence-corrected chi connectivity index (χ0v) is 18.6. The number of nitrogens with zero attached hydrogens (tertiary/aromatic N) is 5. The average Bonchev–Trinajstić information content (AvgIpc) is 3.22. The number of nitriles is 1. The van der Waals surface area contributed by atoms with Gasteiger partial charge in [-0.1, -0.05) is 0 Å². The standard InChI is InChI=1S/C21H22AsN6O2/c23-14-15(20-26-17-4-1-2-5-18(17)30-20)16-7-9-25-21(27-16)22-8-3-6-19(29)28-12-10-24-11-13-28/h1-2,4-5,7,9,22,26H,3,6,8,10-13H2/b20-15+. The number of benzene rings is 1. The van der Waals surface area contributed by atoms with Crippen LogP contribution in [0.4, 0.5) is 5.69 Å². The van der Waals surface area contributed by atoms with Gasteiger partial charge in [-0.3, -0.25) is 0 Å². The Morgan fingerprint density at radius 3 is 2.90 bits per heavy atom. The third-order valence-electron chi connectivity index (χ3n) is 4.86. The van der Waals surface area contributed by atoms with Gasteiger partial charge in [0.2, 0.25) is 0 Å². The number of hydrogen-bond acceptors (Lipinski definition) is 6. The molecule has 1 unspecified atom stereocenters. The number of anilines is 1. The molecule has 4 rings (SSSR count). The van der Waals surface area contributed by atoms with E-state index in [0.717, 1.165) is 48.1 Å². The van der Waals surface area contributed by atoms with E-state index in [-0.39, 0.29) is 5.91 Å². The molecule has 30 heavy (non-hydrogen) atoms. The van der Waals surface area contributed by atoms with Gasteiger partial charge in [0.05, 0.1) is 0 Å². The zero-order chi connectivity index (χ0) is 20.8. The Morgan fingerprint density at radius 1 is 1.27 bits per heavy atom. The fourth-order valence-corrected chi connectivity index (χ4v) is 5.27. The van der Waals surface area contributed by atoms with Gasteiger partial charge in [-0.15, -0.1) is 0 Å². The molecule has 2 aliphatic rings. The zero-order valence-electron chi connectivity index (χ0n) is 16.5. The molecule has 1 saturated heterocycles. The van der Waals surface area contributed by atoms with Crippen LogP contribution >= 0.6 is 0 Å². The molecular formula is C21H22AsN6O2. The first kappa shape index (κ1) is 20.4. The third-order valence-corrected chi connectivity index (χ3v) is 7.29. The first-order valence-corrected chi connectivity index (χ1v) is 12.4. The van der Waals surface area contributed by atoms with E-state index in [2.05, 4.69) is 26.7 Å². The summed E-state index contributed by atoms with van der Waals surface area (Å²) in [5, 5.41) is 18.0. The van der Waals surface area contributed by atoms with Crippen molar-refractivity contribution >= 4 is 37.5 Å². The number of hydrogen-bond donors (Lipinski definition) is 1. The van der Waals surface area contributed by atoms with Crippen LogP contribution in [-0.2, 0) is 4.79 Å². The molecule has 8 nitrogen and oxygen atoms in total. The van der Waals surface area contributed by atoms with E-state index in [4.69, 9.17) is 4.74 Å². The number of ether oxygens (including phenoxy) is 1. The summed E-state index contributed by atoms with van der Waals surface area (Å²) in [7, 11) is 0. The molecule has 3 heterocycles. The number of amides is 1. The number of fused-ring (bicyclic) bond motifs is 1. The van der Waals surface area contributed by atoms with Crippen LogP contribution < -0.4 is 20.0 Å². The van der Waals surface area contributed by atoms with Gasteiger partial charge >= 0.3 is 182 Å². The SMILES string of the molecule is N#C/C(=C1/Nc2ccccc2O1)c1ccnc([AsH]CCCC(=O)N2CC[N]CC2)n1. The van der Waals surface area contributed by atoms with Gasteiger partial charge in [-0.2, -0.15) is 0 Å². The Labute approximate surface area is 182 Å². The quantitative estimate of drug-likeness (QED) is 0.386. The van der Waals surface area contributed by atoms with Crippen molar-refractivity contribution in [3.8, 4) is 11.8 Å². The molecule has 1 aromatic carbocycles. The fourth-order valence-electron chi connectivity index (χ4n) is 3.29. The maximum atomic E-state index is 12.2. The van der Waals surface area contributed by atoms with Crippen molar-refractivity contribution < 1.29 is 9.53 Å². The molecule has 1 fully saturated rings. The molecule has 0 saturated carbocycles. The topological polar surface area (TPSA) is 105 Å². The van der Waals surface area contributed by atoms with Crippen molar-refractivity contribution in [3.63, 3.8) is 0 Å². The predicted molar refractivity (Wildman–Crippen MR) is 115 cm³/mol. The summed E-state index contributed by atoms with van der Waals surface area (Å²) in [5.41, 5.74) is 1.73. The van der Waals surface area contributed by atoms with Gasteiger partial charge in [-0.25, -0.2) is 0 Å². The maximum absolute atomic E-state index is 12.2. The summed E-state index contributed by atoms with van der Waals surface area (Å²) in [6.45, 7) is 2.99. The Bertz CT molecular complexity index is 970. The minimum absolute atomic E-state index is 0.215. The van der Waals surface area contributed by atoms with Gasteiger partial charge in [-0.05, 0) is 0 Å². The van der Waals surface area contributed by atoms with E-state index in [9.17, 15) is 10.1 Å². The molecular weight excluding hydrogens is 443 g/mol. The number of allylic oxidation sites excluding steroid dienone is 1. The van der Waals surface area contributed by atoms with Crippen molar-refractivity contribution in [3.05, 3.63) is 48.1 Å². The molecule has 1 aromatic heterocycles. The van der Waals surface area contributed by atoms with Crippen LogP contribution in [-0.4, -0.2) is 62.7 Å². The van der Waals surface area contributed by atoms with Crippen molar-refractivity contribution in [2.45, 2.75) is 18.1 Å². The number of rotatable bonds is 6. The van der Waals surface area contributed by atoms with Gasteiger partial charge in [0, 0.05) is 0 Å². The van der Waals surface area contributed by atoms with Crippen molar-refractivity contribution in [2.75, 3.05) is 31.5 Å². The summed E-state index contributed by atoms with van der Waals surface area (Å²) in [5.74, 6) is 1.30. The Balaban J connectivity index is 1.35. The fraction of sp³-hybridized carbons (Fsp3) is 0.333. The second-order valence-electron chi connectivity index (χ2n) is 6.89. The van der Waals surface area contributed by atoms with E-state index in [1.807, 2.05) is 29.2 Å². The Morgan fingerprint density at radius 2 is 2.10 bits per heavy atom. The number of para-hydroxylation sites is 2. The van der Waals surface area contributed by atoms with Crippen LogP contribution in [0.25, 0.3) is 5.57 Å². The Kier molecular flexibility index (Phi) is 6.63. The molecule has 0 bridgehead atoms. The van der Waals surface area contributed by atoms with Gasteiger partial charge in [0.1, 0.15) is 0 Å². The summed E-state index contributed by atoms with van der Waals surface area (Å²) < 4.78 is 6.56. The molecule has 1 atom stereocenters. The number of carbonyl (C=O) groups is 1. The second-order valence-corrected chi connectivity index (χ2v) is 9.62. The predicted octanol–water partition coefficient (Wildman–Crippen LogP) is 0.880. The first-order chi connectivity index (χ1) is 14.7. The monoisotopic (exact) mass is 465 g/mol. The average molecular weight is 465 g/mol. The van der Waals surface area contributed by atoms with E-state index >= 15 is 0 Å². The van der Waals surface area contributed by atoms with Crippen LogP contribution in [0.5, 0.6) is 5.75 Å². The first-order valence-electron chi connectivity index (χ1n) is 9.91. The van der Waals surface area contributed by atoms with Crippen molar-refractivity contribution in [2.24, 2.45) is 0 Å². The van der Waals surface area contributed by atoms with Gasteiger partial charge in [0.15, 0.2) is 0 Å². The van der Waals surface area contributed by atoms with Gasteiger partial charge < -0.3 is 0 Å². The van der Waals surface area contributed by atoms with Crippen LogP contribution in [0, 0.1) is 11.3 Å². The summed E-state index contributed by atoms with van der Waals surface area (Å²) in [6, 6.07) is 11.5. The summed E-state index contributed by atoms with van der Waals surface area (Å²) >= 11 is -0.585. The minimum atomic E-state index is -0.585. The normalized spacial score (nSPS) is 17.2. The molecule has 153 valence electrons. The second kappa shape index (κ2) is 9.75.